The van der Waals surface area contributed by atoms with Gasteiger partial charge in [-0.3, -0.25) is 9.59 Å². The van der Waals surface area contributed by atoms with Gasteiger partial charge in [-0.25, -0.2) is 9.37 Å². The number of benzene rings is 2. The molecule has 30 heavy (non-hydrogen) atoms. The summed E-state index contributed by atoms with van der Waals surface area (Å²) in [6.07, 6.45) is 1.76. The summed E-state index contributed by atoms with van der Waals surface area (Å²) in [5, 5.41) is 3.40. The second kappa shape index (κ2) is 10.7. The molecule has 1 heterocycles. The first kappa shape index (κ1) is 21.8. The third-order valence-corrected chi connectivity index (χ3v) is 5.46. The largest absolute Gasteiger partial charge is 0.353 e. The molecule has 0 spiro atoms. The number of nitrogens with zero attached hydrogens (tertiary/aromatic N) is 1. The maximum Gasteiger partial charge on any atom is 0.251 e. The molecule has 0 aliphatic rings. The Kier molecular flexibility index (Phi) is 7.79. The lowest BCUT2D eigenvalue weighted by atomic mass is 10.1. The van der Waals surface area contributed by atoms with Gasteiger partial charge in [-0.15, -0.1) is 0 Å². The molecule has 5 nitrogen and oxygen atoms in total. The highest BCUT2D eigenvalue weighted by Gasteiger charge is 2.11. The zero-order chi connectivity index (χ0) is 21.3. The van der Waals surface area contributed by atoms with Crippen LogP contribution in [0.3, 0.4) is 0 Å². The molecule has 1 atom stereocenters. The van der Waals surface area contributed by atoms with E-state index in [1.807, 2.05) is 25.1 Å². The van der Waals surface area contributed by atoms with Crippen molar-refractivity contribution in [2.75, 3.05) is 0 Å². The minimum Gasteiger partial charge on any atom is -0.353 e. The van der Waals surface area contributed by atoms with Gasteiger partial charge in [0.25, 0.3) is 5.56 Å². The Morgan fingerprint density at radius 1 is 1.13 bits per heavy atom. The van der Waals surface area contributed by atoms with Crippen molar-refractivity contribution in [3.05, 3.63) is 93.7 Å². The number of carbonyl (C=O) groups excluding carboxylic acids is 1. The number of halogens is 1. The molecule has 0 aliphatic heterocycles. The molecule has 1 aromatic heterocycles. The van der Waals surface area contributed by atoms with Crippen molar-refractivity contribution in [2.24, 2.45) is 0 Å². The van der Waals surface area contributed by atoms with Crippen LogP contribution in [0.2, 0.25) is 0 Å². The molecule has 3 rings (SSSR count). The molecule has 7 heteroatoms. The Balaban J connectivity index is 1.51. The van der Waals surface area contributed by atoms with E-state index in [1.54, 1.807) is 12.1 Å². The summed E-state index contributed by atoms with van der Waals surface area (Å²) in [6.45, 7) is 1.97. The number of aromatic amines is 1. The number of hydrogen-bond acceptors (Lipinski definition) is 4. The molecular formula is C23H24FN3O2S. The van der Waals surface area contributed by atoms with Gasteiger partial charge in [0.05, 0.1) is 12.1 Å². The average molecular weight is 426 g/mol. The maximum atomic E-state index is 13.0. The maximum absolute atomic E-state index is 13.0. The SMILES string of the molecule is CC(CCc1ccccc1)NC(=O)Cc1cc(=O)[nH]c(SCc2ccc(F)cc2)n1. The highest BCUT2D eigenvalue weighted by molar-refractivity contribution is 7.98. The van der Waals surface area contributed by atoms with Crippen molar-refractivity contribution in [3.8, 4) is 0 Å². The number of aryl methyl sites for hydroxylation is 1. The van der Waals surface area contributed by atoms with E-state index in [4.69, 9.17) is 0 Å². The number of nitrogens with one attached hydrogen (secondary N) is 2. The lowest BCUT2D eigenvalue weighted by molar-refractivity contribution is -0.121. The van der Waals surface area contributed by atoms with Crippen molar-refractivity contribution in [1.82, 2.24) is 15.3 Å². The fourth-order valence-electron chi connectivity index (χ4n) is 2.97. The Morgan fingerprint density at radius 3 is 2.60 bits per heavy atom. The van der Waals surface area contributed by atoms with E-state index in [0.717, 1.165) is 18.4 Å². The molecule has 1 amide bonds. The fourth-order valence-corrected chi connectivity index (χ4v) is 3.82. The Hall–Kier alpha value is -2.93. The van der Waals surface area contributed by atoms with Gasteiger partial charge in [0.1, 0.15) is 5.82 Å². The summed E-state index contributed by atoms with van der Waals surface area (Å²) in [4.78, 5) is 31.4. The molecule has 0 saturated heterocycles. The molecule has 0 fully saturated rings. The molecule has 0 bridgehead atoms. The zero-order valence-electron chi connectivity index (χ0n) is 16.7. The second-order valence-electron chi connectivity index (χ2n) is 7.13. The van der Waals surface area contributed by atoms with Crippen molar-refractivity contribution in [2.45, 2.75) is 43.1 Å². The van der Waals surface area contributed by atoms with Crippen molar-refractivity contribution in [1.29, 1.82) is 0 Å². The third-order valence-electron chi connectivity index (χ3n) is 4.52. The summed E-state index contributed by atoms with van der Waals surface area (Å²) < 4.78 is 13.0. The first-order chi connectivity index (χ1) is 14.5. The topological polar surface area (TPSA) is 74.8 Å². The number of carbonyl (C=O) groups is 1. The van der Waals surface area contributed by atoms with Gasteiger partial charge >= 0.3 is 0 Å². The van der Waals surface area contributed by atoms with Crippen LogP contribution in [0.15, 0.2) is 70.6 Å². The van der Waals surface area contributed by atoms with Crippen LogP contribution in [0.5, 0.6) is 0 Å². The van der Waals surface area contributed by atoms with Crippen molar-refractivity contribution >= 4 is 17.7 Å². The Morgan fingerprint density at radius 2 is 1.87 bits per heavy atom. The van der Waals surface area contributed by atoms with E-state index >= 15 is 0 Å². The highest BCUT2D eigenvalue weighted by atomic mass is 32.2. The quantitative estimate of drug-likeness (QED) is 0.403. The van der Waals surface area contributed by atoms with Crippen LogP contribution >= 0.6 is 11.8 Å². The molecule has 2 N–H and O–H groups in total. The Labute approximate surface area is 179 Å². The molecule has 0 aliphatic carbocycles. The number of amides is 1. The average Bonchev–Trinajstić information content (AvgIpc) is 2.72. The van der Waals surface area contributed by atoms with Gasteiger partial charge in [-0.2, -0.15) is 0 Å². The van der Waals surface area contributed by atoms with Gasteiger partial charge in [0, 0.05) is 17.9 Å². The normalized spacial score (nSPS) is 11.8. The van der Waals surface area contributed by atoms with Crippen LogP contribution in [-0.4, -0.2) is 21.9 Å². The van der Waals surface area contributed by atoms with Crippen LogP contribution in [0.4, 0.5) is 4.39 Å². The summed E-state index contributed by atoms with van der Waals surface area (Å²) in [6, 6.07) is 17.7. The van der Waals surface area contributed by atoms with Gasteiger partial charge in [-0.1, -0.05) is 54.2 Å². The van der Waals surface area contributed by atoms with E-state index < -0.39 is 0 Å². The molecule has 0 saturated carbocycles. The van der Waals surface area contributed by atoms with Gasteiger partial charge in [0.15, 0.2) is 5.16 Å². The number of H-pyrrole nitrogens is 1. The minimum atomic E-state index is -0.300. The lowest BCUT2D eigenvalue weighted by Gasteiger charge is -2.14. The summed E-state index contributed by atoms with van der Waals surface area (Å²) in [7, 11) is 0. The van der Waals surface area contributed by atoms with Crippen LogP contribution in [0.25, 0.3) is 0 Å². The molecular weight excluding hydrogens is 401 g/mol. The van der Waals surface area contributed by atoms with E-state index in [2.05, 4.69) is 27.4 Å². The number of aromatic nitrogens is 2. The summed E-state index contributed by atoms with van der Waals surface area (Å²) >= 11 is 1.33. The first-order valence-corrected chi connectivity index (χ1v) is 10.8. The van der Waals surface area contributed by atoms with Crippen LogP contribution in [-0.2, 0) is 23.4 Å². The van der Waals surface area contributed by atoms with Crippen molar-refractivity contribution in [3.63, 3.8) is 0 Å². The standard InChI is InChI=1S/C23H24FN3O2S/c1-16(7-8-17-5-3-2-4-6-17)25-21(28)13-20-14-22(29)27-23(26-20)30-15-18-9-11-19(24)12-10-18/h2-6,9-12,14,16H,7-8,13,15H2,1H3,(H,25,28)(H,26,27,29). The molecule has 3 aromatic rings. The van der Waals surface area contributed by atoms with E-state index in [1.165, 1.54) is 35.5 Å². The fraction of sp³-hybridized carbons (Fsp3) is 0.261. The second-order valence-corrected chi connectivity index (χ2v) is 8.09. The number of thioether (sulfide) groups is 1. The number of rotatable bonds is 9. The monoisotopic (exact) mass is 425 g/mol. The van der Waals surface area contributed by atoms with Crippen molar-refractivity contribution < 1.29 is 9.18 Å². The third kappa shape index (κ3) is 7.15. The molecule has 1 unspecified atom stereocenters. The molecule has 156 valence electrons. The minimum absolute atomic E-state index is 0.0204. The van der Waals surface area contributed by atoms with Gasteiger partial charge in [0.2, 0.25) is 5.91 Å². The molecule has 2 aromatic carbocycles. The highest BCUT2D eigenvalue weighted by Crippen LogP contribution is 2.18. The van der Waals surface area contributed by atoms with E-state index in [-0.39, 0.29) is 29.7 Å². The predicted molar refractivity (Wildman–Crippen MR) is 117 cm³/mol. The lowest BCUT2D eigenvalue weighted by Crippen LogP contribution is -2.34. The smallest absolute Gasteiger partial charge is 0.251 e. The van der Waals surface area contributed by atoms with Gasteiger partial charge < -0.3 is 10.3 Å². The first-order valence-electron chi connectivity index (χ1n) is 9.79. The van der Waals surface area contributed by atoms with Crippen LogP contribution < -0.4 is 10.9 Å². The Bertz CT molecular complexity index is 1020. The zero-order valence-corrected chi connectivity index (χ0v) is 17.5. The molecule has 0 radical (unpaired) electrons. The number of hydrogen-bond donors (Lipinski definition) is 2. The predicted octanol–water partition coefficient (Wildman–Crippen LogP) is 3.88. The van der Waals surface area contributed by atoms with Crippen LogP contribution in [0.1, 0.15) is 30.2 Å². The van der Waals surface area contributed by atoms with Gasteiger partial charge in [-0.05, 0) is 43.0 Å². The van der Waals surface area contributed by atoms with E-state index in [9.17, 15) is 14.0 Å². The van der Waals surface area contributed by atoms with E-state index in [0.29, 0.717) is 16.6 Å². The summed E-state index contributed by atoms with van der Waals surface area (Å²) in [5.74, 6) is 0.0829. The van der Waals surface area contributed by atoms with Crippen LogP contribution in [0, 0.1) is 5.82 Å². The summed E-state index contributed by atoms with van der Waals surface area (Å²) in [5.41, 5.74) is 2.27.